The van der Waals surface area contributed by atoms with Crippen molar-refractivity contribution >= 4 is 16.7 Å². The van der Waals surface area contributed by atoms with Gasteiger partial charge in [-0.2, -0.15) is 0 Å². The maximum atomic E-state index is 14.4. The molecule has 374 valence electrons. The van der Waals surface area contributed by atoms with Gasteiger partial charge in [-0.05, 0) is 182 Å². The van der Waals surface area contributed by atoms with Crippen molar-refractivity contribution in [1.82, 2.24) is 0 Å². The van der Waals surface area contributed by atoms with Crippen LogP contribution in [0.5, 0.6) is 0 Å². The molecule has 17 atom stereocenters. The van der Waals surface area contributed by atoms with Gasteiger partial charge in [-0.1, -0.05) is 101 Å². The second kappa shape index (κ2) is 15.0. The van der Waals surface area contributed by atoms with E-state index < -0.39 is 51.0 Å². The van der Waals surface area contributed by atoms with Crippen LogP contribution < -0.4 is 0 Å². The van der Waals surface area contributed by atoms with Crippen molar-refractivity contribution < 1.29 is 34.7 Å². The molecule has 0 radical (unpaired) electrons. The van der Waals surface area contributed by atoms with E-state index in [-0.39, 0.29) is 58.4 Å². The molecule has 7 bridgehead atoms. The fourth-order valence-corrected chi connectivity index (χ4v) is 22.9. The molecule has 10 aliphatic rings. The van der Waals surface area contributed by atoms with Gasteiger partial charge in [0.2, 0.25) is 0 Å². The van der Waals surface area contributed by atoms with Crippen molar-refractivity contribution in [2.45, 2.75) is 186 Å². The van der Waals surface area contributed by atoms with Gasteiger partial charge in [-0.3, -0.25) is 4.79 Å². The topological polar surface area (TPSA) is 116 Å². The van der Waals surface area contributed by atoms with Gasteiger partial charge in [0.05, 0.1) is 30.8 Å². The normalized spacial score (nSPS) is 48.3. The molecule has 3 aromatic carbocycles. The molecule has 7 heteroatoms. The van der Waals surface area contributed by atoms with Crippen LogP contribution in [0.25, 0.3) is 10.8 Å². The number of benzene rings is 3. The molecule has 13 rings (SSSR count). The zero-order valence-electron chi connectivity index (χ0n) is 43.1. The molecule has 5 spiro atoms. The van der Waals surface area contributed by atoms with Crippen molar-refractivity contribution in [2.75, 3.05) is 20.3 Å². The first-order valence-corrected chi connectivity index (χ1v) is 28.1. The molecule has 4 N–H and O–H groups in total. The van der Waals surface area contributed by atoms with Crippen molar-refractivity contribution in [2.24, 2.45) is 67.0 Å². The van der Waals surface area contributed by atoms with Crippen LogP contribution in [0.3, 0.4) is 0 Å². The molecule has 1 aliphatic heterocycles. The Labute approximate surface area is 417 Å². The largest absolute Gasteiger partial charge is 0.481 e. The van der Waals surface area contributed by atoms with E-state index in [0.29, 0.717) is 38.2 Å². The monoisotopic (exact) mass is 949 g/mol. The van der Waals surface area contributed by atoms with Crippen molar-refractivity contribution in [3.05, 3.63) is 82.4 Å². The smallest absolute Gasteiger partial charge is 0.309 e. The number of carboxylic acids is 1. The predicted molar refractivity (Wildman–Crippen MR) is 272 cm³/mol. The molecule has 7 fully saturated rings. The standard InChI is InChI=1S/C63H80O7/c1-7-11-39-13-10-24-58-30-31-60-46(12-8-2)63(68,70-48(60)33-41-18-16-40(17-19-41)23-32-69-6)36-47(65)62(60,38-64)59(58)34-43-21-20-42-14-9-15-44-45-35-57(37-59,50(43)49(42)44)61(25-22-39)52-51(45)55(4,53(66)67)28-26-54(52,3)27-29-56(58,61)5/h9,14-21,39,45-48,51-52,64-65,68H,7-8,11-13,22-23,25-38H2,1-6H3,(H,66,67)/t39-,45-,46+,47+,48-,51-,52+,54+,55+,56+,57-,58+,59+,60+,61-,62-,63-/m0/s1. The lowest BCUT2D eigenvalue weighted by atomic mass is 9.13. The Bertz CT molecular complexity index is 2740. The van der Waals surface area contributed by atoms with Gasteiger partial charge in [-0.25, -0.2) is 0 Å². The molecule has 1 saturated heterocycles. The number of fused-ring (bicyclic) bond motifs is 4. The van der Waals surface area contributed by atoms with E-state index in [1.54, 1.807) is 12.7 Å². The number of aliphatic hydroxyl groups excluding tert-OH is 2. The highest BCUT2D eigenvalue weighted by molar-refractivity contribution is 5.94. The Balaban J connectivity index is 1.15. The lowest BCUT2D eigenvalue weighted by molar-refractivity contribution is -0.395. The zero-order chi connectivity index (χ0) is 48.7. The van der Waals surface area contributed by atoms with Gasteiger partial charge < -0.3 is 29.9 Å². The number of aliphatic carboxylic acids is 1. The molecule has 3 aromatic rings. The van der Waals surface area contributed by atoms with Crippen LogP contribution >= 0.6 is 0 Å². The van der Waals surface area contributed by atoms with E-state index in [0.717, 1.165) is 95.5 Å². The third kappa shape index (κ3) is 4.94. The summed E-state index contributed by atoms with van der Waals surface area (Å²) in [6.45, 7) is 12.5. The molecule has 0 unspecified atom stereocenters. The number of aliphatic hydroxyl groups is 3. The summed E-state index contributed by atoms with van der Waals surface area (Å²) < 4.78 is 12.8. The SMILES string of the molecule is CCC[C@H]1CC#C[C@]23CC[C@@]45[C@H](Cc6ccc(CCOC)cc6)O[C@@](O)(C[C@@H](O)[C@@]4(CO)[C@@]24Cc2ccc6cccc7c6c2[C@]2(C[C@@H]7[C@H]6[C@@H]7[C@@](C)(CC[C@@]3(C)[C@]72CC1)CC[C@@]6(C)C(=O)O)C4)[C@@H]5CCC. The van der Waals surface area contributed by atoms with Crippen molar-refractivity contribution in [3.63, 3.8) is 0 Å². The molecule has 6 saturated carbocycles. The molecule has 70 heavy (non-hydrogen) atoms. The number of carboxylic acid groups (broad SMARTS) is 1. The highest BCUT2D eigenvalue weighted by Crippen LogP contribution is 2.95. The van der Waals surface area contributed by atoms with Crippen molar-refractivity contribution in [1.29, 1.82) is 0 Å². The number of hydrogen-bond acceptors (Lipinski definition) is 6. The number of carbonyl (C=O) groups is 1. The van der Waals surface area contributed by atoms with Crippen LogP contribution in [0.2, 0.25) is 0 Å². The fraction of sp³-hybridized carbons (Fsp3) is 0.698. The second-order valence-electron chi connectivity index (χ2n) is 26.6. The molecular weight excluding hydrogens is 869 g/mol. The van der Waals surface area contributed by atoms with Crippen molar-refractivity contribution in [3.8, 4) is 11.8 Å². The predicted octanol–water partition coefficient (Wildman–Crippen LogP) is 11.5. The summed E-state index contributed by atoms with van der Waals surface area (Å²) in [6, 6.07) is 20.6. The van der Waals surface area contributed by atoms with Gasteiger partial charge in [0, 0.05) is 52.9 Å². The maximum Gasteiger partial charge on any atom is 0.309 e. The first-order valence-electron chi connectivity index (χ1n) is 28.1. The summed E-state index contributed by atoms with van der Waals surface area (Å²) in [7, 11) is 1.74. The minimum Gasteiger partial charge on any atom is -0.481 e. The average molecular weight is 949 g/mol. The summed E-state index contributed by atoms with van der Waals surface area (Å²) in [4.78, 5) is 14.4. The number of hydrogen-bond donors (Lipinski definition) is 4. The Morgan fingerprint density at radius 2 is 1.67 bits per heavy atom. The lowest BCUT2D eigenvalue weighted by Crippen LogP contribution is -2.87. The molecular formula is C63H80O7. The molecule has 9 aliphatic carbocycles. The summed E-state index contributed by atoms with van der Waals surface area (Å²) in [5, 5.41) is 55.0. The van der Waals surface area contributed by atoms with E-state index in [9.17, 15) is 25.2 Å². The van der Waals surface area contributed by atoms with E-state index in [2.05, 4.69) is 101 Å². The van der Waals surface area contributed by atoms with E-state index in [1.807, 2.05) is 0 Å². The number of methoxy groups -OCH3 is 1. The van der Waals surface area contributed by atoms with E-state index in [1.165, 1.54) is 27.5 Å². The minimum atomic E-state index is -1.53. The lowest BCUT2D eigenvalue weighted by Gasteiger charge is -2.89. The maximum absolute atomic E-state index is 14.4. The Kier molecular flexibility index (Phi) is 9.94. The zero-order valence-corrected chi connectivity index (χ0v) is 43.1. The van der Waals surface area contributed by atoms with E-state index in [4.69, 9.17) is 9.47 Å². The Morgan fingerprint density at radius 1 is 0.900 bits per heavy atom. The van der Waals surface area contributed by atoms with Gasteiger partial charge in [0.1, 0.15) is 0 Å². The first-order chi connectivity index (χ1) is 33.6. The number of rotatable bonds is 11. The first kappa shape index (κ1) is 46.5. The highest BCUT2D eigenvalue weighted by Gasteiger charge is 2.93. The third-order valence-corrected chi connectivity index (χ3v) is 25.0. The Hall–Kier alpha value is -3.25. The Morgan fingerprint density at radius 3 is 2.41 bits per heavy atom. The van der Waals surface area contributed by atoms with Crippen LogP contribution in [-0.2, 0) is 38.9 Å². The van der Waals surface area contributed by atoms with Gasteiger partial charge >= 0.3 is 5.97 Å². The molecule has 1 heterocycles. The van der Waals surface area contributed by atoms with Crippen LogP contribution in [0, 0.1) is 78.8 Å². The summed E-state index contributed by atoms with van der Waals surface area (Å²) in [6.07, 6.45) is 14.5. The molecule has 0 amide bonds. The second-order valence-corrected chi connectivity index (χ2v) is 26.6. The van der Waals surface area contributed by atoms with Gasteiger partial charge in [0.15, 0.2) is 5.79 Å². The summed E-state index contributed by atoms with van der Waals surface area (Å²) in [5.41, 5.74) is 1.52. The van der Waals surface area contributed by atoms with Crippen LogP contribution in [-0.4, -0.2) is 64.7 Å². The fourth-order valence-electron chi connectivity index (χ4n) is 22.9. The highest BCUT2D eigenvalue weighted by atomic mass is 16.6. The molecule has 7 nitrogen and oxygen atoms in total. The van der Waals surface area contributed by atoms with Gasteiger partial charge in [-0.15, -0.1) is 5.92 Å². The van der Waals surface area contributed by atoms with Crippen LogP contribution in [0.1, 0.15) is 171 Å². The minimum absolute atomic E-state index is 0.0411. The molecule has 0 aromatic heterocycles. The van der Waals surface area contributed by atoms with Crippen LogP contribution in [0.15, 0.2) is 54.6 Å². The van der Waals surface area contributed by atoms with Gasteiger partial charge in [0.25, 0.3) is 0 Å². The average Bonchev–Trinajstić information content (AvgIpc) is 3.53. The third-order valence-electron chi connectivity index (χ3n) is 25.0. The number of ether oxygens (including phenoxy) is 2. The summed E-state index contributed by atoms with van der Waals surface area (Å²) >= 11 is 0. The quantitative estimate of drug-likeness (QED) is 0.142. The van der Waals surface area contributed by atoms with Crippen LogP contribution in [0.4, 0.5) is 0 Å². The summed E-state index contributed by atoms with van der Waals surface area (Å²) in [5.74, 6) is 6.74. The van der Waals surface area contributed by atoms with E-state index >= 15 is 0 Å².